The van der Waals surface area contributed by atoms with E-state index in [-0.39, 0.29) is 0 Å². The molecule has 0 saturated heterocycles. The lowest BCUT2D eigenvalue weighted by atomic mass is 10.1. The van der Waals surface area contributed by atoms with Crippen molar-refractivity contribution in [3.63, 3.8) is 0 Å². The van der Waals surface area contributed by atoms with E-state index in [0.717, 1.165) is 28.2 Å². The lowest BCUT2D eigenvalue weighted by Crippen LogP contribution is -1.98. The van der Waals surface area contributed by atoms with E-state index in [2.05, 4.69) is 20.3 Å². The van der Waals surface area contributed by atoms with Crippen molar-refractivity contribution >= 4 is 11.6 Å². The highest BCUT2D eigenvalue weighted by atomic mass is 19.1. The van der Waals surface area contributed by atoms with Crippen LogP contribution in [0.15, 0.2) is 48.8 Å². The van der Waals surface area contributed by atoms with Crippen molar-refractivity contribution in [2.45, 2.75) is 13.8 Å². The highest BCUT2D eigenvalue weighted by molar-refractivity contribution is 5.63. The first kappa shape index (κ1) is 14.1. The molecule has 0 aromatic carbocycles. The zero-order valence-electron chi connectivity index (χ0n) is 12.3. The molecular formula is C17H15FN4. The quantitative estimate of drug-likeness (QED) is 0.741. The zero-order chi connectivity index (χ0) is 15.5. The van der Waals surface area contributed by atoms with Crippen molar-refractivity contribution < 1.29 is 4.39 Å². The van der Waals surface area contributed by atoms with Crippen molar-refractivity contribution in [1.29, 1.82) is 0 Å². The van der Waals surface area contributed by atoms with Crippen LogP contribution in [0.3, 0.4) is 0 Å². The van der Waals surface area contributed by atoms with Gasteiger partial charge in [0.1, 0.15) is 11.6 Å². The minimum atomic E-state index is -0.501. The molecule has 3 rings (SSSR count). The van der Waals surface area contributed by atoms with E-state index in [0.29, 0.717) is 5.82 Å². The van der Waals surface area contributed by atoms with E-state index in [9.17, 15) is 4.39 Å². The summed E-state index contributed by atoms with van der Waals surface area (Å²) in [5.74, 6) is 0.928. The number of hydrogen-bond acceptors (Lipinski definition) is 4. The zero-order valence-corrected chi connectivity index (χ0v) is 12.3. The van der Waals surface area contributed by atoms with Crippen molar-refractivity contribution in [1.82, 2.24) is 15.0 Å². The number of nitrogens with one attached hydrogen (secondary N) is 1. The molecule has 0 fully saturated rings. The SMILES string of the molecule is Cc1ccnc(Nc2cc(C)cc(-c3ccc(F)nc3)n2)c1. The van der Waals surface area contributed by atoms with Crippen LogP contribution in [0.4, 0.5) is 16.0 Å². The highest BCUT2D eigenvalue weighted by Gasteiger charge is 2.05. The number of pyridine rings is 3. The largest absolute Gasteiger partial charge is 0.325 e. The molecule has 0 amide bonds. The molecule has 1 N–H and O–H groups in total. The predicted octanol–water partition coefficient (Wildman–Crippen LogP) is 4.04. The highest BCUT2D eigenvalue weighted by Crippen LogP contribution is 2.22. The number of nitrogens with zero attached hydrogens (tertiary/aromatic N) is 3. The average molecular weight is 294 g/mol. The summed E-state index contributed by atoms with van der Waals surface area (Å²) in [4.78, 5) is 12.5. The Balaban J connectivity index is 1.94. The Kier molecular flexibility index (Phi) is 3.78. The minimum Gasteiger partial charge on any atom is -0.325 e. The van der Waals surface area contributed by atoms with Crippen molar-refractivity contribution in [2.24, 2.45) is 0 Å². The van der Waals surface area contributed by atoms with Crippen LogP contribution < -0.4 is 5.32 Å². The van der Waals surface area contributed by atoms with Gasteiger partial charge < -0.3 is 5.32 Å². The van der Waals surface area contributed by atoms with Gasteiger partial charge in [0.25, 0.3) is 0 Å². The normalized spacial score (nSPS) is 10.5. The summed E-state index contributed by atoms with van der Waals surface area (Å²) >= 11 is 0. The number of aryl methyl sites for hydroxylation is 2. The maximum Gasteiger partial charge on any atom is 0.212 e. The van der Waals surface area contributed by atoms with Gasteiger partial charge in [-0.15, -0.1) is 0 Å². The maximum absolute atomic E-state index is 12.9. The molecule has 110 valence electrons. The Morgan fingerprint density at radius 3 is 2.45 bits per heavy atom. The summed E-state index contributed by atoms with van der Waals surface area (Å²) in [5, 5.41) is 3.19. The van der Waals surface area contributed by atoms with Crippen molar-refractivity contribution in [2.75, 3.05) is 5.32 Å². The van der Waals surface area contributed by atoms with Gasteiger partial charge in [0.2, 0.25) is 5.95 Å². The van der Waals surface area contributed by atoms with Gasteiger partial charge in [0.05, 0.1) is 5.69 Å². The maximum atomic E-state index is 12.9. The Morgan fingerprint density at radius 1 is 0.909 bits per heavy atom. The van der Waals surface area contributed by atoms with Gasteiger partial charge in [-0.3, -0.25) is 0 Å². The molecule has 3 aromatic rings. The monoisotopic (exact) mass is 294 g/mol. The second kappa shape index (κ2) is 5.89. The smallest absolute Gasteiger partial charge is 0.212 e. The topological polar surface area (TPSA) is 50.7 Å². The van der Waals surface area contributed by atoms with Gasteiger partial charge in [-0.05, 0) is 61.4 Å². The van der Waals surface area contributed by atoms with E-state index in [4.69, 9.17) is 0 Å². The summed E-state index contributed by atoms with van der Waals surface area (Å²) in [5.41, 5.74) is 3.67. The van der Waals surface area contributed by atoms with E-state index >= 15 is 0 Å². The van der Waals surface area contributed by atoms with Crippen LogP contribution in [-0.2, 0) is 0 Å². The number of halogens is 1. The molecule has 0 aliphatic rings. The van der Waals surface area contributed by atoms with Crippen LogP contribution in [0.5, 0.6) is 0 Å². The molecule has 0 aliphatic carbocycles. The third-order valence-electron chi connectivity index (χ3n) is 3.16. The van der Waals surface area contributed by atoms with Crippen LogP contribution >= 0.6 is 0 Å². The standard InChI is InChI=1S/C17H15FN4/c1-11-5-6-19-16(8-11)22-17-9-12(2)7-14(21-17)13-3-4-15(18)20-10-13/h3-10H,1-2H3,(H,19,21,22). The van der Waals surface area contributed by atoms with E-state index in [1.807, 2.05) is 38.1 Å². The lowest BCUT2D eigenvalue weighted by molar-refractivity contribution is 0.584. The van der Waals surface area contributed by atoms with Crippen LogP contribution in [-0.4, -0.2) is 15.0 Å². The summed E-state index contributed by atoms with van der Waals surface area (Å²) in [6, 6.07) is 10.7. The van der Waals surface area contributed by atoms with Gasteiger partial charge in [-0.2, -0.15) is 4.39 Å². The molecule has 4 nitrogen and oxygen atoms in total. The van der Waals surface area contributed by atoms with Gasteiger partial charge in [-0.25, -0.2) is 15.0 Å². The number of rotatable bonds is 3. The lowest BCUT2D eigenvalue weighted by Gasteiger charge is -2.09. The Hall–Kier alpha value is -2.82. The van der Waals surface area contributed by atoms with Crippen LogP contribution in [0.25, 0.3) is 11.3 Å². The van der Waals surface area contributed by atoms with Crippen molar-refractivity contribution in [3.05, 3.63) is 65.9 Å². The molecule has 0 radical (unpaired) electrons. The summed E-state index contributed by atoms with van der Waals surface area (Å²) < 4.78 is 12.9. The summed E-state index contributed by atoms with van der Waals surface area (Å²) in [6.07, 6.45) is 3.23. The Labute approximate surface area is 128 Å². The molecule has 0 bridgehead atoms. The average Bonchev–Trinajstić information content (AvgIpc) is 2.47. The van der Waals surface area contributed by atoms with E-state index in [1.54, 1.807) is 12.3 Å². The Bertz CT molecular complexity index is 800. The van der Waals surface area contributed by atoms with Crippen LogP contribution in [0, 0.1) is 19.8 Å². The Morgan fingerprint density at radius 2 is 1.73 bits per heavy atom. The molecule has 0 unspecified atom stereocenters. The first-order chi connectivity index (χ1) is 10.6. The third kappa shape index (κ3) is 3.25. The molecule has 0 spiro atoms. The second-order valence-electron chi connectivity index (χ2n) is 5.13. The first-order valence-electron chi connectivity index (χ1n) is 6.90. The van der Waals surface area contributed by atoms with Gasteiger partial charge in [-0.1, -0.05) is 0 Å². The van der Waals surface area contributed by atoms with Gasteiger partial charge in [0, 0.05) is 18.0 Å². The summed E-state index contributed by atoms with van der Waals surface area (Å²) in [6.45, 7) is 3.99. The molecule has 3 aromatic heterocycles. The molecule has 0 saturated carbocycles. The van der Waals surface area contributed by atoms with E-state index in [1.165, 1.54) is 12.3 Å². The number of aromatic nitrogens is 3. The fraction of sp³-hybridized carbons (Fsp3) is 0.118. The molecular weight excluding hydrogens is 279 g/mol. The molecule has 22 heavy (non-hydrogen) atoms. The fourth-order valence-corrected chi connectivity index (χ4v) is 2.14. The fourth-order valence-electron chi connectivity index (χ4n) is 2.14. The molecule has 5 heteroatoms. The van der Waals surface area contributed by atoms with Gasteiger partial charge >= 0.3 is 0 Å². The van der Waals surface area contributed by atoms with Crippen LogP contribution in [0.1, 0.15) is 11.1 Å². The molecule has 0 atom stereocenters. The third-order valence-corrected chi connectivity index (χ3v) is 3.16. The number of anilines is 2. The van der Waals surface area contributed by atoms with Gasteiger partial charge in [0.15, 0.2) is 0 Å². The van der Waals surface area contributed by atoms with Crippen molar-refractivity contribution in [3.8, 4) is 11.3 Å². The molecule has 0 aliphatic heterocycles. The van der Waals surface area contributed by atoms with E-state index < -0.39 is 5.95 Å². The second-order valence-corrected chi connectivity index (χ2v) is 5.13. The summed E-state index contributed by atoms with van der Waals surface area (Å²) in [7, 11) is 0. The minimum absolute atomic E-state index is 0.501. The first-order valence-corrected chi connectivity index (χ1v) is 6.90. The number of hydrogen-bond donors (Lipinski definition) is 1. The predicted molar refractivity (Wildman–Crippen MR) is 84.4 cm³/mol. The molecule has 3 heterocycles. The van der Waals surface area contributed by atoms with Crippen LogP contribution in [0.2, 0.25) is 0 Å².